The molecule has 0 aliphatic rings. The number of hydrogen-bond donors (Lipinski definition) is 1. The Morgan fingerprint density at radius 2 is 2.33 bits per heavy atom. The van der Waals surface area contributed by atoms with Crippen LogP contribution >= 0.6 is 0 Å². The molecular formula is C9H8N2O. The van der Waals surface area contributed by atoms with Gasteiger partial charge in [0.1, 0.15) is 6.07 Å². The Labute approximate surface area is 70.6 Å². The summed E-state index contributed by atoms with van der Waals surface area (Å²) in [5, 5.41) is 19.8. The summed E-state index contributed by atoms with van der Waals surface area (Å²) in [6.45, 7) is 1.91. The van der Waals surface area contributed by atoms with Gasteiger partial charge in [-0.15, -0.1) is 0 Å². The fourth-order valence-corrected chi connectivity index (χ4v) is 0.937. The Morgan fingerprint density at radius 3 is 2.83 bits per heavy atom. The Morgan fingerprint density at radius 1 is 1.58 bits per heavy atom. The van der Waals surface area contributed by atoms with Gasteiger partial charge in [-0.1, -0.05) is 28.9 Å². The van der Waals surface area contributed by atoms with E-state index in [2.05, 4.69) is 5.16 Å². The maximum Gasteiger partial charge on any atom is 0.186 e. The van der Waals surface area contributed by atoms with E-state index in [1.54, 1.807) is 18.2 Å². The first-order valence-corrected chi connectivity index (χ1v) is 3.47. The highest BCUT2D eigenvalue weighted by molar-refractivity contribution is 6.11. The van der Waals surface area contributed by atoms with Crippen molar-refractivity contribution in [3.8, 4) is 6.07 Å². The van der Waals surface area contributed by atoms with Gasteiger partial charge in [-0.25, -0.2) is 0 Å². The molecule has 1 aromatic rings. The van der Waals surface area contributed by atoms with Crippen molar-refractivity contribution in [2.75, 3.05) is 0 Å². The van der Waals surface area contributed by atoms with E-state index in [1.165, 1.54) is 0 Å². The van der Waals surface area contributed by atoms with Crippen LogP contribution < -0.4 is 0 Å². The van der Waals surface area contributed by atoms with Crippen molar-refractivity contribution >= 4 is 5.71 Å². The van der Waals surface area contributed by atoms with Crippen LogP contribution in [-0.2, 0) is 0 Å². The van der Waals surface area contributed by atoms with Crippen molar-refractivity contribution in [1.82, 2.24) is 0 Å². The Hall–Kier alpha value is -1.82. The molecule has 0 aliphatic heterocycles. The summed E-state index contributed by atoms with van der Waals surface area (Å²) in [7, 11) is 0. The summed E-state index contributed by atoms with van der Waals surface area (Å²) < 4.78 is 0. The molecule has 0 fully saturated rings. The third kappa shape index (κ3) is 1.61. The molecule has 0 bridgehead atoms. The number of aryl methyl sites for hydroxylation is 1. The monoisotopic (exact) mass is 160 g/mol. The van der Waals surface area contributed by atoms with Crippen LogP contribution in [0.2, 0.25) is 0 Å². The lowest BCUT2D eigenvalue weighted by atomic mass is 10.1. The van der Waals surface area contributed by atoms with Crippen LogP contribution in [0.1, 0.15) is 11.1 Å². The molecule has 0 aliphatic carbocycles. The summed E-state index contributed by atoms with van der Waals surface area (Å²) in [6, 6.07) is 9.04. The number of nitrogens with zero attached hydrogens (tertiary/aromatic N) is 2. The van der Waals surface area contributed by atoms with Gasteiger partial charge >= 0.3 is 0 Å². The summed E-state index contributed by atoms with van der Waals surface area (Å²) in [6.07, 6.45) is 0. The lowest BCUT2D eigenvalue weighted by molar-refractivity contribution is 0.320. The maximum absolute atomic E-state index is 8.53. The minimum Gasteiger partial charge on any atom is -0.410 e. The van der Waals surface area contributed by atoms with Crippen molar-refractivity contribution < 1.29 is 5.21 Å². The molecule has 0 radical (unpaired) electrons. The van der Waals surface area contributed by atoms with Gasteiger partial charge in [0.05, 0.1) is 0 Å². The molecule has 1 aromatic carbocycles. The van der Waals surface area contributed by atoms with Crippen LogP contribution in [0.15, 0.2) is 29.4 Å². The number of rotatable bonds is 1. The van der Waals surface area contributed by atoms with Crippen LogP contribution in [0.4, 0.5) is 0 Å². The standard InChI is InChI=1S/C9H8N2O/c1-7-3-2-4-8(5-7)9(6-10)11-12/h2-5,12H,1H3. The minimum absolute atomic E-state index is 0.0405. The zero-order valence-electron chi connectivity index (χ0n) is 6.65. The molecule has 3 heteroatoms. The minimum atomic E-state index is 0.0405. The van der Waals surface area contributed by atoms with E-state index in [-0.39, 0.29) is 5.71 Å². The first-order chi connectivity index (χ1) is 5.77. The number of benzene rings is 1. The summed E-state index contributed by atoms with van der Waals surface area (Å²) in [4.78, 5) is 0. The second-order valence-corrected chi connectivity index (χ2v) is 2.43. The Bertz CT molecular complexity index is 350. The van der Waals surface area contributed by atoms with Gasteiger partial charge in [0.2, 0.25) is 0 Å². The maximum atomic E-state index is 8.53. The average Bonchev–Trinajstić information content (AvgIpc) is 2.07. The largest absolute Gasteiger partial charge is 0.410 e. The van der Waals surface area contributed by atoms with Crippen LogP contribution in [0, 0.1) is 18.3 Å². The van der Waals surface area contributed by atoms with Crippen LogP contribution in [-0.4, -0.2) is 10.9 Å². The van der Waals surface area contributed by atoms with Crippen LogP contribution in [0.3, 0.4) is 0 Å². The highest BCUT2D eigenvalue weighted by Gasteiger charge is 2.01. The molecule has 1 N–H and O–H groups in total. The second-order valence-electron chi connectivity index (χ2n) is 2.43. The fraction of sp³-hybridized carbons (Fsp3) is 0.111. The molecule has 0 amide bonds. The molecule has 12 heavy (non-hydrogen) atoms. The van der Waals surface area contributed by atoms with Crippen molar-refractivity contribution in [3.63, 3.8) is 0 Å². The van der Waals surface area contributed by atoms with Gasteiger partial charge in [0.15, 0.2) is 5.71 Å². The zero-order chi connectivity index (χ0) is 8.97. The van der Waals surface area contributed by atoms with E-state index < -0.39 is 0 Å². The predicted molar refractivity (Wildman–Crippen MR) is 45.1 cm³/mol. The Balaban J connectivity index is 3.13. The lowest BCUT2D eigenvalue weighted by Gasteiger charge is -1.96. The fourth-order valence-electron chi connectivity index (χ4n) is 0.937. The van der Waals surface area contributed by atoms with Crippen molar-refractivity contribution in [3.05, 3.63) is 35.4 Å². The highest BCUT2D eigenvalue weighted by Crippen LogP contribution is 2.04. The van der Waals surface area contributed by atoms with E-state index in [1.807, 2.05) is 19.1 Å². The third-order valence-electron chi connectivity index (χ3n) is 1.50. The number of oxime groups is 1. The molecule has 3 nitrogen and oxygen atoms in total. The predicted octanol–water partition coefficient (Wildman–Crippen LogP) is 1.70. The van der Waals surface area contributed by atoms with Crippen LogP contribution in [0.5, 0.6) is 0 Å². The lowest BCUT2D eigenvalue weighted by Crippen LogP contribution is -1.96. The molecular weight excluding hydrogens is 152 g/mol. The first kappa shape index (κ1) is 8.28. The SMILES string of the molecule is Cc1cccc(C(C#N)=NO)c1. The van der Waals surface area contributed by atoms with E-state index in [9.17, 15) is 0 Å². The van der Waals surface area contributed by atoms with E-state index in [4.69, 9.17) is 10.5 Å². The molecule has 1 rings (SSSR count). The first-order valence-electron chi connectivity index (χ1n) is 3.47. The smallest absolute Gasteiger partial charge is 0.186 e. The van der Waals surface area contributed by atoms with Crippen molar-refractivity contribution in [2.45, 2.75) is 6.92 Å². The van der Waals surface area contributed by atoms with Gasteiger partial charge in [-0.05, 0) is 13.0 Å². The average molecular weight is 160 g/mol. The normalized spacial score (nSPS) is 10.8. The highest BCUT2D eigenvalue weighted by atomic mass is 16.4. The van der Waals surface area contributed by atoms with E-state index in [0.717, 1.165) is 5.56 Å². The molecule has 0 heterocycles. The van der Waals surface area contributed by atoms with Crippen molar-refractivity contribution in [2.24, 2.45) is 5.16 Å². The zero-order valence-corrected chi connectivity index (χ0v) is 6.65. The molecule has 60 valence electrons. The van der Waals surface area contributed by atoms with Gasteiger partial charge in [0, 0.05) is 5.56 Å². The summed E-state index contributed by atoms with van der Waals surface area (Å²) in [5.74, 6) is 0. The molecule has 0 spiro atoms. The quantitative estimate of drug-likeness (QED) is 0.386. The molecule has 0 aromatic heterocycles. The van der Waals surface area contributed by atoms with Gasteiger partial charge in [-0.2, -0.15) is 5.26 Å². The summed E-state index contributed by atoms with van der Waals surface area (Å²) in [5.41, 5.74) is 1.71. The van der Waals surface area contributed by atoms with Gasteiger partial charge < -0.3 is 5.21 Å². The number of hydrogen-bond acceptors (Lipinski definition) is 3. The summed E-state index contributed by atoms with van der Waals surface area (Å²) >= 11 is 0. The van der Waals surface area contributed by atoms with Gasteiger partial charge in [-0.3, -0.25) is 0 Å². The van der Waals surface area contributed by atoms with E-state index >= 15 is 0 Å². The number of nitriles is 1. The van der Waals surface area contributed by atoms with E-state index in [0.29, 0.717) is 5.56 Å². The Kier molecular flexibility index (Phi) is 2.44. The molecule has 0 saturated carbocycles. The van der Waals surface area contributed by atoms with Gasteiger partial charge in [0.25, 0.3) is 0 Å². The van der Waals surface area contributed by atoms with Crippen molar-refractivity contribution in [1.29, 1.82) is 5.26 Å². The van der Waals surface area contributed by atoms with Crippen LogP contribution in [0.25, 0.3) is 0 Å². The second kappa shape index (κ2) is 3.54. The molecule has 0 unspecified atom stereocenters. The topological polar surface area (TPSA) is 56.4 Å². The molecule has 0 saturated heterocycles. The third-order valence-corrected chi connectivity index (χ3v) is 1.50. The molecule has 0 atom stereocenters.